The van der Waals surface area contributed by atoms with Crippen molar-refractivity contribution in [3.63, 3.8) is 0 Å². The lowest BCUT2D eigenvalue weighted by molar-refractivity contribution is -0.121. The maximum Gasteiger partial charge on any atom is 0.316 e. The molecular formula is C13H20N4O3. The molecule has 7 heteroatoms. The first-order chi connectivity index (χ1) is 9.76. The van der Waals surface area contributed by atoms with Crippen LogP contribution >= 0.6 is 0 Å². The van der Waals surface area contributed by atoms with Crippen LogP contribution in [0.4, 0.5) is 0 Å². The molecule has 0 aliphatic heterocycles. The largest absolute Gasteiger partial charge is 0.464 e. The Kier molecular flexibility index (Phi) is 7.71. The predicted molar refractivity (Wildman–Crippen MR) is 73.2 cm³/mol. The number of nitrogens with zero attached hydrogens (tertiary/aromatic N) is 2. The molecule has 0 aliphatic rings. The van der Waals surface area contributed by atoms with E-state index >= 15 is 0 Å². The van der Waals surface area contributed by atoms with Crippen LogP contribution in [-0.2, 0) is 16.0 Å². The van der Waals surface area contributed by atoms with Crippen LogP contribution < -0.4 is 15.4 Å². The summed E-state index contributed by atoms with van der Waals surface area (Å²) in [5.74, 6) is -0.0232. The fourth-order valence-corrected chi connectivity index (χ4v) is 1.50. The fourth-order valence-electron chi connectivity index (χ4n) is 1.50. The van der Waals surface area contributed by atoms with E-state index in [0.717, 1.165) is 12.0 Å². The smallest absolute Gasteiger partial charge is 0.316 e. The predicted octanol–water partition coefficient (Wildman–Crippen LogP) is 0.0602. The van der Waals surface area contributed by atoms with Crippen molar-refractivity contribution in [3.8, 4) is 6.01 Å². The normalized spacial score (nSPS) is 9.85. The van der Waals surface area contributed by atoms with Crippen LogP contribution in [-0.4, -0.2) is 42.0 Å². The lowest BCUT2D eigenvalue weighted by Gasteiger charge is -2.05. The Morgan fingerprint density at radius 3 is 2.75 bits per heavy atom. The van der Waals surface area contributed by atoms with Crippen molar-refractivity contribution in [2.24, 2.45) is 0 Å². The Balaban J connectivity index is 2.18. The highest BCUT2D eigenvalue weighted by molar-refractivity contribution is 5.76. The number of nitrogens with one attached hydrogen (secondary N) is 2. The van der Waals surface area contributed by atoms with Gasteiger partial charge in [0.25, 0.3) is 0 Å². The first-order valence-corrected chi connectivity index (χ1v) is 6.63. The number of hydrogen-bond acceptors (Lipinski definition) is 5. The zero-order chi connectivity index (χ0) is 14.6. The molecule has 0 saturated carbocycles. The average molecular weight is 280 g/mol. The summed E-state index contributed by atoms with van der Waals surface area (Å²) in [5, 5.41) is 5.32. The van der Waals surface area contributed by atoms with Crippen LogP contribution in [0.25, 0.3) is 0 Å². The monoisotopic (exact) mass is 280 g/mol. The molecule has 1 aromatic rings. The van der Waals surface area contributed by atoms with Gasteiger partial charge in [-0.05, 0) is 25.3 Å². The van der Waals surface area contributed by atoms with Crippen molar-refractivity contribution in [3.05, 3.63) is 18.0 Å². The van der Waals surface area contributed by atoms with Crippen LogP contribution in [0.2, 0.25) is 0 Å². The van der Waals surface area contributed by atoms with E-state index < -0.39 is 0 Å². The number of aromatic nitrogens is 2. The summed E-state index contributed by atoms with van der Waals surface area (Å²) in [7, 11) is 0. The molecular weight excluding hydrogens is 260 g/mol. The van der Waals surface area contributed by atoms with Gasteiger partial charge in [0.1, 0.15) is 0 Å². The summed E-state index contributed by atoms with van der Waals surface area (Å²) in [4.78, 5) is 29.6. The third-order valence-electron chi connectivity index (χ3n) is 2.50. The first kappa shape index (κ1) is 15.9. The molecule has 0 spiro atoms. The van der Waals surface area contributed by atoms with Gasteiger partial charge >= 0.3 is 6.01 Å². The van der Waals surface area contributed by atoms with E-state index in [1.807, 2.05) is 6.92 Å². The summed E-state index contributed by atoms with van der Waals surface area (Å²) >= 11 is 0. The van der Waals surface area contributed by atoms with Gasteiger partial charge in [-0.15, -0.1) is 0 Å². The molecule has 1 heterocycles. The molecule has 7 nitrogen and oxygen atoms in total. The highest BCUT2D eigenvalue weighted by Gasteiger charge is 2.03. The topological polar surface area (TPSA) is 93.2 Å². The molecule has 110 valence electrons. The van der Waals surface area contributed by atoms with Crippen LogP contribution in [0.15, 0.2) is 12.4 Å². The summed E-state index contributed by atoms with van der Waals surface area (Å²) in [5.41, 5.74) is 0.895. The van der Waals surface area contributed by atoms with E-state index in [4.69, 9.17) is 4.74 Å². The third kappa shape index (κ3) is 6.67. The fraction of sp³-hybridized carbons (Fsp3) is 0.538. The molecule has 0 saturated heterocycles. The third-order valence-corrected chi connectivity index (χ3v) is 2.50. The Morgan fingerprint density at radius 1 is 1.35 bits per heavy atom. The second-order valence-electron chi connectivity index (χ2n) is 4.08. The quantitative estimate of drug-likeness (QED) is 0.467. The molecule has 0 unspecified atom stereocenters. The number of ether oxygens (including phenoxy) is 1. The number of hydrogen-bond donors (Lipinski definition) is 2. The van der Waals surface area contributed by atoms with Gasteiger partial charge in [-0.3, -0.25) is 9.59 Å². The average Bonchev–Trinajstić information content (AvgIpc) is 2.47. The first-order valence-electron chi connectivity index (χ1n) is 6.63. The van der Waals surface area contributed by atoms with Crippen molar-refractivity contribution in [1.29, 1.82) is 0 Å². The molecule has 0 aromatic carbocycles. The lowest BCUT2D eigenvalue weighted by atomic mass is 10.2. The molecule has 1 aromatic heterocycles. The van der Waals surface area contributed by atoms with E-state index in [2.05, 4.69) is 20.6 Å². The number of carbonyl (C=O) groups is 2. The second kappa shape index (κ2) is 9.71. The van der Waals surface area contributed by atoms with E-state index in [-0.39, 0.29) is 5.91 Å². The van der Waals surface area contributed by atoms with E-state index in [0.29, 0.717) is 45.0 Å². The van der Waals surface area contributed by atoms with Gasteiger partial charge in [0.05, 0.1) is 6.61 Å². The Bertz CT molecular complexity index is 409. The number of rotatable bonds is 10. The van der Waals surface area contributed by atoms with Crippen LogP contribution in [0.1, 0.15) is 25.3 Å². The van der Waals surface area contributed by atoms with Gasteiger partial charge in [0, 0.05) is 31.9 Å². The Hall–Kier alpha value is -2.18. The minimum absolute atomic E-state index is 0.0232. The van der Waals surface area contributed by atoms with Crippen LogP contribution in [0.3, 0.4) is 0 Å². The van der Waals surface area contributed by atoms with Crippen molar-refractivity contribution in [2.75, 3.05) is 19.7 Å². The van der Waals surface area contributed by atoms with Crippen molar-refractivity contribution in [2.45, 2.75) is 26.2 Å². The second-order valence-corrected chi connectivity index (χ2v) is 4.08. The maximum atomic E-state index is 11.6. The lowest BCUT2D eigenvalue weighted by Crippen LogP contribution is -2.27. The van der Waals surface area contributed by atoms with Gasteiger partial charge in [-0.1, -0.05) is 0 Å². The van der Waals surface area contributed by atoms with Gasteiger partial charge in [-0.2, -0.15) is 0 Å². The molecule has 0 bridgehead atoms. The Labute approximate surface area is 118 Å². The van der Waals surface area contributed by atoms with Gasteiger partial charge in [0.15, 0.2) is 0 Å². The minimum atomic E-state index is -0.0232. The molecule has 0 atom stereocenters. The molecule has 0 aliphatic carbocycles. The molecule has 2 N–H and O–H groups in total. The summed E-state index contributed by atoms with van der Waals surface area (Å²) in [6.07, 6.45) is 5.67. The highest BCUT2D eigenvalue weighted by Crippen LogP contribution is 2.04. The van der Waals surface area contributed by atoms with Gasteiger partial charge < -0.3 is 15.4 Å². The van der Waals surface area contributed by atoms with E-state index in [1.54, 1.807) is 12.4 Å². The van der Waals surface area contributed by atoms with Gasteiger partial charge in [-0.25, -0.2) is 9.97 Å². The van der Waals surface area contributed by atoms with Crippen LogP contribution in [0.5, 0.6) is 6.01 Å². The molecule has 2 amide bonds. The van der Waals surface area contributed by atoms with Crippen molar-refractivity contribution < 1.29 is 14.3 Å². The molecule has 0 radical (unpaired) electrons. The molecule has 1 rings (SSSR count). The van der Waals surface area contributed by atoms with Gasteiger partial charge in [0.2, 0.25) is 12.3 Å². The summed E-state index contributed by atoms with van der Waals surface area (Å²) in [6.45, 7) is 3.52. The molecule has 0 fully saturated rings. The number of aryl methyl sites for hydroxylation is 1. The van der Waals surface area contributed by atoms with E-state index in [1.165, 1.54) is 0 Å². The van der Waals surface area contributed by atoms with E-state index in [9.17, 15) is 9.59 Å². The number of amides is 2. The Morgan fingerprint density at radius 2 is 2.10 bits per heavy atom. The van der Waals surface area contributed by atoms with Crippen molar-refractivity contribution >= 4 is 12.3 Å². The van der Waals surface area contributed by atoms with Crippen molar-refractivity contribution in [1.82, 2.24) is 20.6 Å². The SMILES string of the molecule is CCOc1ncc(CCC(=O)NCCCNC=O)cn1. The highest BCUT2D eigenvalue weighted by atomic mass is 16.5. The zero-order valence-corrected chi connectivity index (χ0v) is 11.6. The summed E-state index contributed by atoms with van der Waals surface area (Å²) < 4.78 is 5.14. The zero-order valence-electron chi connectivity index (χ0n) is 11.6. The standard InChI is InChI=1S/C13H20N4O3/c1-2-20-13-16-8-11(9-17-13)4-5-12(19)15-7-3-6-14-10-18/h8-10H,2-7H2,1H3,(H,14,18)(H,15,19). The van der Waals surface area contributed by atoms with Crippen LogP contribution in [0, 0.1) is 0 Å². The number of carbonyl (C=O) groups excluding carboxylic acids is 2. The summed E-state index contributed by atoms with van der Waals surface area (Å²) in [6, 6.07) is 0.350. The minimum Gasteiger partial charge on any atom is -0.464 e. The molecule has 20 heavy (non-hydrogen) atoms. The maximum absolute atomic E-state index is 11.6.